The zero-order valence-electron chi connectivity index (χ0n) is 11.1. The first kappa shape index (κ1) is 12.9. The van der Waals surface area contributed by atoms with E-state index >= 15 is 0 Å². The summed E-state index contributed by atoms with van der Waals surface area (Å²) >= 11 is 0. The van der Waals surface area contributed by atoms with Crippen molar-refractivity contribution in [1.29, 1.82) is 0 Å². The number of rotatable bonds is 4. The van der Waals surface area contributed by atoms with Crippen molar-refractivity contribution in [3.63, 3.8) is 0 Å². The Labute approximate surface area is 109 Å². The van der Waals surface area contributed by atoms with Gasteiger partial charge in [-0.25, -0.2) is 0 Å². The number of benzene rings is 1. The maximum atomic E-state index is 10.3. The molecule has 4 nitrogen and oxygen atoms in total. The minimum atomic E-state index is 0.706. The second-order valence-corrected chi connectivity index (χ2v) is 4.99. The Kier molecular flexibility index (Phi) is 4.20. The van der Waals surface area contributed by atoms with Gasteiger partial charge in [-0.2, -0.15) is 0 Å². The van der Waals surface area contributed by atoms with Crippen LogP contribution in [0.25, 0.3) is 0 Å². The molecule has 1 heterocycles. The van der Waals surface area contributed by atoms with E-state index in [1.165, 1.54) is 18.5 Å². The molecule has 0 aliphatic carbocycles. The zero-order valence-corrected chi connectivity index (χ0v) is 11.1. The molecule has 4 heteroatoms. The van der Waals surface area contributed by atoms with Gasteiger partial charge in [0.1, 0.15) is 0 Å². The van der Waals surface area contributed by atoms with Gasteiger partial charge >= 0.3 is 0 Å². The highest BCUT2D eigenvalue weighted by atomic mass is 16.1. The highest BCUT2D eigenvalue weighted by Crippen LogP contribution is 2.23. The molecule has 1 fully saturated rings. The van der Waals surface area contributed by atoms with E-state index in [4.69, 9.17) is 0 Å². The summed E-state index contributed by atoms with van der Waals surface area (Å²) in [7, 11) is 4.31. The van der Waals surface area contributed by atoms with Crippen LogP contribution in [0, 0.1) is 0 Å². The molecule has 1 aliphatic rings. The molecule has 0 aromatic heterocycles. The van der Waals surface area contributed by atoms with Gasteiger partial charge in [-0.3, -0.25) is 4.79 Å². The third-order valence-electron chi connectivity index (χ3n) is 3.65. The van der Waals surface area contributed by atoms with Crippen molar-refractivity contribution in [2.24, 2.45) is 0 Å². The predicted molar refractivity (Wildman–Crippen MR) is 75.1 cm³/mol. The molecule has 0 radical (unpaired) electrons. The third-order valence-corrected chi connectivity index (χ3v) is 3.65. The topological polar surface area (TPSA) is 35.6 Å². The predicted octanol–water partition coefficient (Wildman–Crippen LogP) is 1.79. The molecule has 0 saturated carbocycles. The molecule has 1 N–H and O–H groups in total. The van der Waals surface area contributed by atoms with Crippen LogP contribution in [0.2, 0.25) is 0 Å². The fourth-order valence-corrected chi connectivity index (χ4v) is 2.48. The molecule has 2 rings (SSSR count). The van der Waals surface area contributed by atoms with E-state index in [1.54, 1.807) is 0 Å². The van der Waals surface area contributed by atoms with Crippen LogP contribution in [0.5, 0.6) is 0 Å². The molecule has 1 aromatic carbocycles. The number of carbonyl (C=O) groups is 1. The largest absolute Gasteiger partial charge is 0.371 e. The normalized spacial score (nSPS) is 16.9. The standard InChI is InChI=1S/C14H21N3O/c1-16(2)13-7-9-17(10-8-13)14-5-3-12(4-6-14)15-11-18/h3-6,11,13H,7-10H2,1-2H3,(H,15,18). The summed E-state index contributed by atoms with van der Waals surface area (Å²) < 4.78 is 0. The van der Waals surface area contributed by atoms with Crippen LogP contribution in [0.15, 0.2) is 24.3 Å². The summed E-state index contributed by atoms with van der Waals surface area (Å²) in [6.07, 6.45) is 3.13. The Balaban J connectivity index is 1.94. The highest BCUT2D eigenvalue weighted by molar-refractivity contribution is 5.72. The molecule has 0 unspecified atom stereocenters. The quantitative estimate of drug-likeness (QED) is 0.824. The Bertz CT molecular complexity index is 381. The van der Waals surface area contributed by atoms with E-state index in [0.29, 0.717) is 12.5 Å². The second kappa shape index (κ2) is 5.87. The lowest BCUT2D eigenvalue weighted by Gasteiger charge is -2.36. The van der Waals surface area contributed by atoms with Crippen molar-refractivity contribution < 1.29 is 4.79 Å². The lowest BCUT2D eigenvalue weighted by Crippen LogP contribution is -2.41. The van der Waals surface area contributed by atoms with E-state index in [2.05, 4.69) is 41.3 Å². The summed E-state index contributed by atoms with van der Waals surface area (Å²) in [5.74, 6) is 0. The summed E-state index contributed by atoms with van der Waals surface area (Å²) in [5.41, 5.74) is 2.08. The average Bonchev–Trinajstić information content (AvgIpc) is 2.40. The molecule has 98 valence electrons. The Hall–Kier alpha value is -1.55. The maximum absolute atomic E-state index is 10.3. The van der Waals surface area contributed by atoms with E-state index in [9.17, 15) is 4.79 Å². The molecular formula is C14H21N3O. The lowest BCUT2D eigenvalue weighted by molar-refractivity contribution is -0.105. The fourth-order valence-electron chi connectivity index (χ4n) is 2.48. The number of anilines is 2. The number of amides is 1. The molecule has 0 bridgehead atoms. The summed E-state index contributed by atoms with van der Waals surface area (Å²) in [5, 5.41) is 2.65. The molecule has 1 aliphatic heterocycles. The lowest BCUT2D eigenvalue weighted by atomic mass is 10.0. The van der Waals surface area contributed by atoms with Gasteiger partial charge in [0, 0.05) is 30.5 Å². The van der Waals surface area contributed by atoms with Gasteiger partial charge < -0.3 is 15.1 Å². The van der Waals surface area contributed by atoms with Gasteiger partial charge in [-0.15, -0.1) is 0 Å². The maximum Gasteiger partial charge on any atom is 0.211 e. The molecule has 18 heavy (non-hydrogen) atoms. The smallest absolute Gasteiger partial charge is 0.211 e. The average molecular weight is 247 g/mol. The Morgan fingerprint density at radius 2 is 1.83 bits per heavy atom. The number of hydrogen-bond acceptors (Lipinski definition) is 3. The summed E-state index contributed by atoms with van der Waals surface area (Å²) in [4.78, 5) is 15.1. The first-order valence-electron chi connectivity index (χ1n) is 6.42. The first-order chi connectivity index (χ1) is 8.70. The van der Waals surface area contributed by atoms with Gasteiger partial charge in [-0.1, -0.05) is 0 Å². The third kappa shape index (κ3) is 3.01. The summed E-state index contributed by atoms with van der Waals surface area (Å²) in [6, 6.07) is 8.74. The number of piperidine rings is 1. The SMILES string of the molecule is CN(C)C1CCN(c2ccc(NC=O)cc2)CC1. The van der Waals surface area contributed by atoms with Crippen LogP contribution in [0.4, 0.5) is 11.4 Å². The van der Waals surface area contributed by atoms with Gasteiger partial charge in [0.2, 0.25) is 6.41 Å². The van der Waals surface area contributed by atoms with E-state index in [0.717, 1.165) is 18.8 Å². The van der Waals surface area contributed by atoms with Crippen molar-refractivity contribution in [2.75, 3.05) is 37.4 Å². The monoisotopic (exact) mass is 247 g/mol. The minimum absolute atomic E-state index is 0.706. The van der Waals surface area contributed by atoms with Crippen molar-refractivity contribution in [1.82, 2.24) is 4.90 Å². The number of carbonyl (C=O) groups excluding carboxylic acids is 1. The van der Waals surface area contributed by atoms with Crippen LogP contribution in [0.3, 0.4) is 0 Å². The Morgan fingerprint density at radius 3 is 2.33 bits per heavy atom. The van der Waals surface area contributed by atoms with Crippen molar-refractivity contribution in [3.8, 4) is 0 Å². The van der Waals surface area contributed by atoms with Crippen LogP contribution in [-0.4, -0.2) is 44.5 Å². The van der Waals surface area contributed by atoms with E-state index in [1.807, 2.05) is 12.1 Å². The van der Waals surface area contributed by atoms with Crippen molar-refractivity contribution in [3.05, 3.63) is 24.3 Å². The Morgan fingerprint density at radius 1 is 1.22 bits per heavy atom. The minimum Gasteiger partial charge on any atom is -0.371 e. The van der Waals surface area contributed by atoms with Gasteiger partial charge in [0.05, 0.1) is 0 Å². The number of nitrogens with zero attached hydrogens (tertiary/aromatic N) is 2. The van der Waals surface area contributed by atoms with Crippen LogP contribution < -0.4 is 10.2 Å². The number of hydrogen-bond donors (Lipinski definition) is 1. The molecule has 1 amide bonds. The molecule has 1 aromatic rings. The number of nitrogens with one attached hydrogen (secondary N) is 1. The van der Waals surface area contributed by atoms with Crippen molar-refractivity contribution >= 4 is 17.8 Å². The molecule has 0 atom stereocenters. The van der Waals surface area contributed by atoms with Crippen LogP contribution >= 0.6 is 0 Å². The van der Waals surface area contributed by atoms with Crippen LogP contribution in [0.1, 0.15) is 12.8 Å². The van der Waals surface area contributed by atoms with Gasteiger partial charge in [-0.05, 0) is 51.2 Å². The van der Waals surface area contributed by atoms with Crippen LogP contribution in [-0.2, 0) is 4.79 Å². The zero-order chi connectivity index (χ0) is 13.0. The van der Waals surface area contributed by atoms with Crippen molar-refractivity contribution in [2.45, 2.75) is 18.9 Å². The molecule has 0 spiro atoms. The fraction of sp³-hybridized carbons (Fsp3) is 0.500. The van der Waals surface area contributed by atoms with E-state index < -0.39 is 0 Å². The summed E-state index contributed by atoms with van der Waals surface area (Å²) in [6.45, 7) is 2.20. The first-order valence-corrected chi connectivity index (χ1v) is 6.42. The second-order valence-electron chi connectivity index (χ2n) is 4.99. The highest BCUT2D eigenvalue weighted by Gasteiger charge is 2.20. The molecule has 1 saturated heterocycles. The van der Waals surface area contributed by atoms with E-state index in [-0.39, 0.29) is 0 Å². The van der Waals surface area contributed by atoms with Gasteiger partial charge in [0.15, 0.2) is 0 Å². The molecular weight excluding hydrogens is 226 g/mol. The van der Waals surface area contributed by atoms with Gasteiger partial charge in [0.25, 0.3) is 0 Å².